The first-order valence-electron chi connectivity index (χ1n) is 8.64. The summed E-state index contributed by atoms with van der Waals surface area (Å²) in [5.74, 6) is 2.48. The molecule has 1 heterocycles. The van der Waals surface area contributed by atoms with E-state index in [0.29, 0.717) is 25.2 Å². The van der Waals surface area contributed by atoms with E-state index in [1.807, 2.05) is 13.8 Å². The van der Waals surface area contributed by atoms with Gasteiger partial charge >= 0.3 is 0 Å². The van der Waals surface area contributed by atoms with Crippen molar-refractivity contribution in [3.63, 3.8) is 0 Å². The second-order valence-corrected chi connectivity index (χ2v) is 6.09. The number of hydrogen-bond acceptors (Lipinski definition) is 3. The standard InChI is InChI=1S/C19H27NO2/c1-3-21-17-12-15-10-11-20-19(14-8-6-5-7-9-14)16(15)13-18(17)22-4-2/h5-6,12-14,19-20H,3-4,7-11H2,1-2H3/t14-,19-/m1/s1. The molecule has 0 amide bonds. The molecule has 1 aromatic carbocycles. The molecule has 2 atom stereocenters. The predicted octanol–water partition coefficient (Wildman–Crippen LogP) is 4.03. The van der Waals surface area contributed by atoms with Gasteiger partial charge in [-0.2, -0.15) is 0 Å². The van der Waals surface area contributed by atoms with Crippen molar-refractivity contribution >= 4 is 0 Å². The van der Waals surface area contributed by atoms with E-state index >= 15 is 0 Å². The first kappa shape index (κ1) is 15.4. The summed E-state index contributed by atoms with van der Waals surface area (Å²) in [5.41, 5.74) is 2.84. The molecule has 3 heteroatoms. The SMILES string of the molecule is CCOc1cc2c(cc1OCC)[C@@H]([C@@H]1CC=CCC1)NCC2. The third kappa shape index (κ3) is 3.14. The third-order valence-electron chi connectivity index (χ3n) is 4.68. The Morgan fingerprint density at radius 1 is 1.09 bits per heavy atom. The van der Waals surface area contributed by atoms with Crippen LogP contribution in [0.25, 0.3) is 0 Å². The van der Waals surface area contributed by atoms with Crippen LogP contribution in [0.1, 0.15) is 50.3 Å². The van der Waals surface area contributed by atoms with Gasteiger partial charge in [0.15, 0.2) is 11.5 Å². The van der Waals surface area contributed by atoms with E-state index < -0.39 is 0 Å². The zero-order valence-electron chi connectivity index (χ0n) is 13.7. The predicted molar refractivity (Wildman–Crippen MR) is 89.7 cm³/mol. The highest BCUT2D eigenvalue weighted by Gasteiger charge is 2.29. The Hall–Kier alpha value is -1.48. The van der Waals surface area contributed by atoms with Gasteiger partial charge in [0.05, 0.1) is 13.2 Å². The molecule has 120 valence electrons. The maximum absolute atomic E-state index is 5.82. The van der Waals surface area contributed by atoms with Gasteiger partial charge in [0.1, 0.15) is 0 Å². The van der Waals surface area contributed by atoms with Gasteiger partial charge in [0.25, 0.3) is 0 Å². The topological polar surface area (TPSA) is 30.5 Å². The summed E-state index contributed by atoms with van der Waals surface area (Å²) < 4.78 is 11.6. The Labute approximate surface area is 133 Å². The van der Waals surface area contributed by atoms with Gasteiger partial charge in [0.2, 0.25) is 0 Å². The van der Waals surface area contributed by atoms with Crippen molar-refractivity contribution < 1.29 is 9.47 Å². The molecule has 0 bridgehead atoms. The highest BCUT2D eigenvalue weighted by Crippen LogP contribution is 2.40. The molecule has 0 aromatic heterocycles. The molecule has 1 aliphatic heterocycles. The van der Waals surface area contributed by atoms with Crippen molar-refractivity contribution in [2.75, 3.05) is 19.8 Å². The van der Waals surface area contributed by atoms with Gasteiger partial charge < -0.3 is 14.8 Å². The summed E-state index contributed by atoms with van der Waals surface area (Å²) in [6.45, 7) is 6.44. The Kier molecular flexibility index (Phi) is 5.04. The van der Waals surface area contributed by atoms with Crippen LogP contribution in [0, 0.1) is 5.92 Å². The van der Waals surface area contributed by atoms with Crippen LogP contribution in [0.2, 0.25) is 0 Å². The lowest BCUT2D eigenvalue weighted by Gasteiger charge is -2.34. The highest BCUT2D eigenvalue weighted by atomic mass is 16.5. The largest absolute Gasteiger partial charge is 0.490 e. The van der Waals surface area contributed by atoms with Crippen LogP contribution < -0.4 is 14.8 Å². The van der Waals surface area contributed by atoms with Crippen LogP contribution in [-0.4, -0.2) is 19.8 Å². The second kappa shape index (κ2) is 7.19. The number of nitrogens with one attached hydrogen (secondary N) is 1. The average molecular weight is 301 g/mol. The lowest BCUT2D eigenvalue weighted by Crippen LogP contribution is -2.35. The molecule has 0 radical (unpaired) electrons. The fourth-order valence-electron chi connectivity index (χ4n) is 3.67. The number of rotatable bonds is 5. The van der Waals surface area contributed by atoms with Crippen molar-refractivity contribution in [2.45, 2.75) is 45.6 Å². The minimum absolute atomic E-state index is 0.448. The van der Waals surface area contributed by atoms with E-state index in [1.165, 1.54) is 30.4 Å². The first-order chi connectivity index (χ1) is 10.8. The van der Waals surface area contributed by atoms with E-state index in [-0.39, 0.29) is 0 Å². The number of hydrogen-bond donors (Lipinski definition) is 1. The third-order valence-corrected chi connectivity index (χ3v) is 4.68. The zero-order valence-corrected chi connectivity index (χ0v) is 13.7. The number of ether oxygens (including phenoxy) is 2. The second-order valence-electron chi connectivity index (χ2n) is 6.09. The van der Waals surface area contributed by atoms with Crippen LogP contribution >= 0.6 is 0 Å². The van der Waals surface area contributed by atoms with E-state index in [0.717, 1.165) is 24.5 Å². The van der Waals surface area contributed by atoms with Gasteiger partial charge in [0, 0.05) is 6.04 Å². The smallest absolute Gasteiger partial charge is 0.161 e. The van der Waals surface area contributed by atoms with E-state index in [4.69, 9.17) is 9.47 Å². The van der Waals surface area contributed by atoms with Crippen molar-refractivity contribution in [2.24, 2.45) is 5.92 Å². The van der Waals surface area contributed by atoms with Gasteiger partial charge in [-0.1, -0.05) is 12.2 Å². The fraction of sp³-hybridized carbons (Fsp3) is 0.579. The molecule has 3 rings (SSSR count). The summed E-state index contributed by atoms with van der Waals surface area (Å²) in [5, 5.41) is 3.74. The van der Waals surface area contributed by atoms with E-state index in [9.17, 15) is 0 Å². The maximum Gasteiger partial charge on any atom is 0.161 e. The van der Waals surface area contributed by atoms with Gasteiger partial charge in [-0.3, -0.25) is 0 Å². The normalized spacial score (nSPS) is 23.9. The summed E-state index contributed by atoms with van der Waals surface area (Å²) >= 11 is 0. The monoisotopic (exact) mass is 301 g/mol. The van der Waals surface area contributed by atoms with Gasteiger partial charge in [-0.05, 0) is 75.3 Å². The van der Waals surface area contributed by atoms with Gasteiger partial charge in [-0.25, -0.2) is 0 Å². The molecule has 0 saturated heterocycles. The van der Waals surface area contributed by atoms with Crippen molar-refractivity contribution in [3.8, 4) is 11.5 Å². The van der Waals surface area contributed by atoms with Crippen LogP contribution in [0.15, 0.2) is 24.3 Å². The molecular formula is C19H27NO2. The minimum atomic E-state index is 0.448. The Morgan fingerprint density at radius 3 is 2.55 bits per heavy atom. The van der Waals surface area contributed by atoms with Crippen molar-refractivity contribution in [1.82, 2.24) is 5.32 Å². The average Bonchev–Trinajstić information content (AvgIpc) is 2.56. The molecule has 22 heavy (non-hydrogen) atoms. The maximum atomic E-state index is 5.82. The van der Waals surface area contributed by atoms with E-state index in [2.05, 4.69) is 29.6 Å². The lowest BCUT2D eigenvalue weighted by molar-refractivity contribution is 0.282. The highest BCUT2D eigenvalue weighted by molar-refractivity contribution is 5.49. The molecule has 0 fully saturated rings. The van der Waals surface area contributed by atoms with Crippen LogP contribution in [0.3, 0.4) is 0 Å². The molecule has 1 aliphatic carbocycles. The Balaban J connectivity index is 1.94. The molecule has 0 saturated carbocycles. The van der Waals surface area contributed by atoms with Crippen molar-refractivity contribution in [1.29, 1.82) is 0 Å². The van der Waals surface area contributed by atoms with Crippen LogP contribution in [-0.2, 0) is 6.42 Å². The lowest BCUT2D eigenvalue weighted by atomic mass is 9.80. The first-order valence-corrected chi connectivity index (χ1v) is 8.64. The zero-order chi connectivity index (χ0) is 15.4. The molecule has 0 unspecified atom stereocenters. The molecule has 3 nitrogen and oxygen atoms in total. The summed E-state index contributed by atoms with van der Waals surface area (Å²) in [7, 11) is 0. The number of benzene rings is 1. The summed E-state index contributed by atoms with van der Waals surface area (Å²) in [4.78, 5) is 0. The number of fused-ring (bicyclic) bond motifs is 1. The van der Waals surface area contributed by atoms with Crippen LogP contribution in [0.5, 0.6) is 11.5 Å². The Bertz CT molecular complexity index is 538. The summed E-state index contributed by atoms with van der Waals surface area (Å²) in [6, 6.07) is 4.87. The molecular weight excluding hydrogens is 274 g/mol. The van der Waals surface area contributed by atoms with E-state index in [1.54, 1.807) is 0 Å². The number of allylic oxidation sites excluding steroid dienone is 2. The summed E-state index contributed by atoms with van der Waals surface area (Å²) in [6.07, 6.45) is 9.36. The Morgan fingerprint density at radius 2 is 1.86 bits per heavy atom. The minimum Gasteiger partial charge on any atom is -0.490 e. The molecule has 1 aromatic rings. The van der Waals surface area contributed by atoms with Crippen molar-refractivity contribution in [3.05, 3.63) is 35.4 Å². The molecule has 0 spiro atoms. The fourth-order valence-corrected chi connectivity index (χ4v) is 3.67. The molecule has 2 aliphatic rings. The molecule has 1 N–H and O–H groups in total. The van der Waals surface area contributed by atoms with Gasteiger partial charge in [-0.15, -0.1) is 0 Å². The van der Waals surface area contributed by atoms with Crippen LogP contribution in [0.4, 0.5) is 0 Å². The quantitative estimate of drug-likeness (QED) is 0.833.